The second-order valence-corrected chi connectivity index (χ2v) is 6.52. The van der Waals surface area contributed by atoms with Gasteiger partial charge in [0.15, 0.2) is 5.76 Å². The van der Waals surface area contributed by atoms with Gasteiger partial charge in [0.25, 0.3) is 0 Å². The van der Waals surface area contributed by atoms with Crippen LogP contribution in [0.25, 0.3) is 11.5 Å². The number of fused-ring (bicyclic) bond motifs is 1. The molecule has 1 atom stereocenters. The average Bonchev–Trinajstić information content (AvgIpc) is 3.42. The zero-order valence-corrected chi connectivity index (χ0v) is 14.4. The summed E-state index contributed by atoms with van der Waals surface area (Å²) in [6, 6.07) is 5.90. The molecule has 0 unspecified atom stereocenters. The first-order chi connectivity index (χ1) is 12.8. The third kappa shape index (κ3) is 2.46. The third-order valence-corrected chi connectivity index (χ3v) is 4.91. The molecule has 1 aliphatic rings. The minimum Gasteiger partial charge on any atom is -0.458 e. The summed E-state index contributed by atoms with van der Waals surface area (Å²) in [7, 11) is 2.02. The van der Waals surface area contributed by atoms with Gasteiger partial charge < -0.3 is 14.0 Å². The number of aromatic amines is 2. The van der Waals surface area contributed by atoms with E-state index in [1.165, 1.54) is 5.69 Å². The number of hydrogen-bond donors (Lipinski definition) is 2. The van der Waals surface area contributed by atoms with Gasteiger partial charge in [-0.1, -0.05) is 0 Å². The van der Waals surface area contributed by atoms with Gasteiger partial charge in [0, 0.05) is 44.3 Å². The van der Waals surface area contributed by atoms with E-state index in [-0.39, 0.29) is 6.04 Å². The van der Waals surface area contributed by atoms with Crippen LogP contribution in [0, 0.1) is 0 Å². The predicted molar refractivity (Wildman–Crippen MR) is 94.0 cm³/mol. The van der Waals surface area contributed by atoms with E-state index in [1.807, 2.05) is 37.6 Å². The Balaban J connectivity index is 1.47. The standard InChI is InChI=1S/C18H19N7O/c1-24-9-7-19-18(24)17-16-14(20-11-21-16)5-8-25(17)10-12-2-3-15(26-12)13-4-6-22-23-13/h2-4,6-7,9,11,17H,5,8,10H2,1H3,(H,20,21)(H,22,23)/t17-/m1/s1. The molecule has 0 radical (unpaired) electrons. The van der Waals surface area contributed by atoms with Gasteiger partial charge >= 0.3 is 0 Å². The fourth-order valence-corrected chi connectivity index (χ4v) is 3.62. The number of imidazole rings is 2. The highest BCUT2D eigenvalue weighted by atomic mass is 16.3. The lowest BCUT2D eigenvalue weighted by Crippen LogP contribution is -2.37. The summed E-state index contributed by atoms with van der Waals surface area (Å²) in [4.78, 5) is 14.8. The van der Waals surface area contributed by atoms with E-state index in [2.05, 4.69) is 34.6 Å². The van der Waals surface area contributed by atoms with Crippen LogP contribution in [-0.4, -0.2) is 41.2 Å². The normalized spacial score (nSPS) is 17.5. The molecule has 1 aliphatic heterocycles. The van der Waals surface area contributed by atoms with Gasteiger partial charge in [0.1, 0.15) is 23.3 Å². The Hall–Kier alpha value is -3.13. The van der Waals surface area contributed by atoms with Crippen molar-refractivity contribution in [3.63, 3.8) is 0 Å². The van der Waals surface area contributed by atoms with Crippen molar-refractivity contribution in [2.24, 2.45) is 7.05 Å². The van der Waals surface area contributed by atoms with E-state index >= 15 is 0 Å². The lowest BCUT2D eigenvalue weighted by atomic mass is 10.0. The van der Waals surface area contributed by atoms with Gasteiger partial charge in [0.2, 0.25) is 0 Å². The number of nitrogens with one attached hydrogen (secondary N) is 2. The molecule has 0 saturated carbocycles. The van der Waals surface area contributed by atoms with E-state index in [9.17, 15) is 0 Å². The Morgan fingerprint density at radius 3 is 3.00 bits per heavy atom. The van der Waals surface area contributed by atoms with Crippen LogP contribution >= 0.6 is 0 Å². The quantitative estimate of drug-likeness (QED) is 0.590. The van der Waals surface area contributed by atoms with E-state index in [0.717, 1.165) is 41.7 Å². The molecule has 26 heavy (non-hydrogen) atoms. The van der Waals surface area contributed by atoms with Crippen molar-refractivity contribution in [3.8, 4) is 11.5 Å². The average molecular weight is 349 g/mol. The lowest BCUT2D eigenvalue weighted by Gasteiger charge is -2.33. The molecule has 132 valence electrons. The van der Waals surface area contributed by atoms with E-state index in [0.29, 0.717) is 6.54 Å². The van der Waals surface area contributed by atoms with Crippen molar-refractivity contribution in [1.29, 1.82) is 0 Å². The maximum absolute atomic E-state index is 6.03. The monoisotopic (exact) mass is 349 g/mol. The maximum atomic E-state index is 6.03. The van der Waals surface area contributed by atoms with Gasteiger partial charge in [-0.15, -0.1) is 0 Å². The largest absolute Gasteiger partial charge is 0.458 e. The van der Waals surface area contributed by atoms with Crippen LogP contribution in [0.15, 0.2) is 47.5 Å². The molecule has 4 aromatic heterocycles. The van der Waals surface area contributed by atoms with Crippen LogP contribution in [0.5, 0.6) is 0 Å². The Morgan fingerprint density at radius 1 is 1.23 bits per heavy atom. The van der Waals surface area contributed by atoms with Gasteiger partial charge in [0.05, 0.1) is 18.6 Å². The molecular weight excluding hydrogens is 330 g/mol. The van der Waals surface area contributed by atoms with Gasteiger partial charge in [-0.05, 0) is 18.2 Å². The maximum Gasteiger partial charge on any atom is 0.152 e. The Bertz CT molecular complexity index is 1010. The van der Waals surface area contributed by atoms with Crippen molar-refractivity contribution >= 4 is 0 Å². The van der Waals surface area contributed by atoms with Crippen molar-refractivity contribution in [2.75, 3.05) is 6.54 Å². The molecular formula is C18H19N7O. The molecule has 8 heteroatoms. The first-order valence-corrected chi connectivity index (χ1v) is 8.61. The SMILES string of the molecule is Cn1ccnc1[C@H]1c2nc[nH]c2CCN1Cc1ccc(-c2ccn[nH]2)o1. The molecule has 5 heterocycles. The molecule has 0 aromatic carbocycles. The highest BCUT2D eigenvalue weighted by Crippen LogP contribution is 2.34. The zero-order chi connectivity index (χ0) is 17.5. The van der Waals surface area contributed by atoms with Crippen LogP contribution in [0.1, 0.15) is 29.0 Å². The Labute approximate surface area is 149 Å². The minimum atomic E-state index is 0.00528. The van der Waals surface area contributed by atoms with Crippen LogP contribution in [0.2, 0.25) is 0 Å². The van der Waals surface area contributed by atoms with E-state index in [1.54, 1.807) is 12.5 Å². The molecule has 0 fully saturated rings. The number of furan rings is 1. The summed E-state index contributed by atoms with van der Waals surface area (Å²) in [5.74, 6) is 2.69. The van der Waals surface area contributed by atoms with Crippen LogP contribution in [-0.2, 0) is 20.0 Å². The Morgan fingerprint density at radius 2 is 2.19 bits per heavy atom. The van der Waals surface area contributed by atoms with Crippen LogP contribution < -0.4 is 0 Å². The molecule has 0 saturated heterocycles. The lowest BCUT2D eigenvalue weighted by molar-refractivity contribution is 0.177. The van der Waals surface area contributed by atoms with Crippen molar-refractivity contribution in [1.82, 2.24) is 34.6 Å². The van der Waals surface area contributed by atoms with Crippen molar-refractivity contribution in [3.05, 3.63) is 66.1 Å². The molecule has 5 rings (SSSR count). The number of H-pyrrole nitrogens is 2. The van der Waals surface area contributed by atoms with Gasteiger partial charge in [-0.2, -0.15) is 5.10 Å². The van der Waals surface area contributed by atoms with Crippen LogP contribution in [0.4, 0.5) is 0 Å². The fourth-order valence-electron chi connectivity index (χ4n) is 3.62. The minimum absolute atomic E-state index is 0.00528. The molecule has 2 N–H and O–H groups in total. The molecule has 0 amide bonds. The van der Waals surface area contributed by atoms with Gasteiger partial charge in [-0.25, -0.2) is 9.97 Å². The first-order valence-electron chi connectivity index (χ1n) is 8.61. The first kappa shape index (κ1) is 15.2. The van der Waals surface area contributed by atoms with Crippen LogP contribution in [0.3, 0.4) is 0 Å². The van der Waals surface area contributed by atoms with Gasteiger partial charge in [-0.3, -0.25) is 10.00 Å². The summed E-state index contributed by atoms with van der Waals surface area (Å²) in [6.45, 7) is 1.60. The Kier molecular flexibility index (Phi) is 3.49. The van der Waals surface area contributed by atoms with Crippen molar-refractivity contribution in [2.45, 2.75) is 19.0 Å². The topological polar surface area (TPSA) is 91.6 Å². The smallest absolute Gasteiger partial charge is 0.152 e. The van der Waals surface area contributed by atoms with E-state index in [4.69, 9.17) is 4.42 Å². The van der Waals surface area contributed by atoms with Crippen molar-refractivity contribution < 1.29 is 4.42 Å². The summed E-state index contributed by atoms with van der Waals surface area (Å²) >= 11 is 0. The highest BCUT2D eigenvalue weighted by Gasteiger charge is 2.34. The summed E-state index contributed by atoms with van der Waals surface area (Å²) < 4.78 is 8.08. The second kappa shape index (κ2) is 5.99. The highest BCUT2D eigenvalue weighted by molar-refractivity contribution is 5.51. The molecule has 8 nitrogen and oxygen atoms in total. The fraction of sp³-hybridized carbons (Fsp3) is 0.278. The number of hydrogen-bond acceptors (Lipinski definition) is 5. The number of aromatic nitrogens is 6. The zero-order valence-electron chi connectivity index (χ0n) is 14.4. The summed E-state index contributed by atoms with van der Waals surface area (Å²) in [5.41, 5.74) is 3.11. The number of nitrogens with zero attached hydrogens (tertiary/aromatic N) is 5. The number of rotatable bonds is 4. The number of aryl methyl sites for hydroxylation is 1. The second-order valence-electron chi connectivity index (χ2n) is 6.52. The predicted octanol–water partition coefficient (Wildman–Crippen LogP) is 2.27. The summed E-state index contributed by atoms with van der Waals surface area (Å²) in [6.07, 6.45) is 8.23. The molecule has 0 spiro atoms. The van der Waals surface area contributed by atoms with E-state index < -0.39 is 0 Å². The molecule has 0 aliphatic carbocycles. The molecule has 4 aromatic rings. The molecule has 0 bridgehead atoms. The summed E-state index contributed by atoms with van der Waals surface area (Å²) in [5, 5.41) is 6.91. The third-order valence-electron chi connectivity index (χ3n) is 4.91.